The lowest BCUT2D eigenvalue weighted by Crippen LogP contribution is -2.44. The number of nitrogens with zero attached hydrogens (tertiary/aromatic N) is 1. The molecule has 0 spiro atoms. The van der Waals surface area contributed by atoms with Crippen molar-refractivity contribution in [3.8, 4) is 5.75 Å². The van der Waals surface area contributed by atoms with Crippen molar-refractivity contribution >= 4 is 23.4 Å². The Morgan fingerprint density at radius 2 is 1.53 bits per heavy atom. The Balaban J connectivity index is 1.39. The number of nitrogens with one attached hydrogen (secondary N) is 2. The van der Waals surface area contributed by atoms with Gasteiger partial charge in [0.2, 0.25) is 0 Å². The van der Waals surface area contributed by atoms with Crippen LogP contribution in [0.1, 0.15) is 22.7 Å². The average Bonchev–Trinajstić information content (AvgIpc) is 3.07. The molecule has 7 heteroatoms. The molecule has 1 atom stereocenters. The van der Waals surface area contributed by atoms with Gasteiger partial charge in [0.15, 0.2) is 0 Å². The summed E-state index contributed by atoms with van der Waals surface area (Å²) in [6.45, 7) is 0.633. The summed E-state index contributed by atoms with van der Waals surface area (Å²) in [5.74, 6) is -1.76. The van der Waals surface area contributed by atoms with Crippen LogP contribution >= 0.6 is 0 Å². The SMILES string of the molecule is O=C(NCCc1ccc(O)cc1)C(=O)N[C@H]1C(=O)N(Cc2ccccc2)c2ccccc21. The van der Waals surface area contributed by atoms with E-state index in [9.17, 15) is 19.5 Å². The van der Waals surface area contributed by atoms with E-state index in [0.29, 0.717) is 18.5 Å². The van der Waals surface area contributed by atoms with Crippen molar-refractivity contribution < 1.29 is 19.5 Å². The van der Waals surface area contributed by atoms with Crippen LogP contribution in [0, 0.1) is 0 Å². The van der Waals surface area contributed by atoms with Gasteiger partial charge in [0.25, 0.3) is 5.91 Å². The zero-order chi connectivity index (χ0) is 22.5. The minimum absolute atomic E-state index is 0.167. The second-order valence-corrected chi connectivity index (χ2v) is 7.55. The molecule has 1 aliphatic heterocycles. The first kappa shape index (κ1) is 21.1. The third-order valence-corrected chi connectivity index (χ3v) is 5.35. The number of fused-ring (bicyclic) bond motifs is 1. The lowest BCUT2D eigenvalue weighted by atomic mass is 10.1. The van der Waals surface area contributed by atoms with E-state index in [1.165, 1.54) is 0 Å². The van der Waals surface area contributed by atoms with E-state index in [0.717, 1.165) is 16.8 Å². The molecule has 0 fully saturated rings. The van der Waals surface area contributed by atoms with Gasteiger partial charge < -0.3 is 20.6 Å². The fourth-order valence-corrected chi connectivity index (χ4v) is 3.71. The summed E-state index contributed by atoms with van der Waals surface area (Å²) in [5, 5.41) is 14.5. The van der Waals surface area contributed by atoms with Gasteiger partial charge in [0, 0.05) is 17.8 Å². The topological polar surface area (TPSA) is 98.7 Å². The number of amides is 3. The minimum Gasteiger partial charge on any atom is -0.508 e. The Hall–Kier alpha value is -4.13. The van der Waals surface area contributed by atoms with Crippen LogP contribution in [-0.2, 0) is 27.3 Å². The maximum atomic E-state index is 13.1. The highest BCUT2D eigenvalue weighted by Gasteiger charge is 2.38. The molecular formula is C25H23N3O4. The molecule has 0 saturated heterocycles. The summed E-state index contributed by atoms with van der Waals surface area (Å²) in [6, 6.07) is 22.6. The molecule has 0 aromatic heterocycles. The molecular weight excluding hydrogens is 406 g/mol. The van der Waals surface area contributed by atoms with E-state index in [1.807, 2.05) is 42.5 Å². The fourth-order valence-electron chi connectivity index (χ4n) is 3.71. The van der Waals surface area contributed by atoms with E-state index in [1.54, 1.807) is 41.3 Å². The van der Waals surface area contributed by atoms with E-state index < -0.39 is 17.9 Å². The van der Waals surface area contributed by atoms with E-state index >= 15 is 0 Å². The summed E-state index contributed by atoms with van der Waals surface area (Å²) in [5.41, 5.74) is 3.27. The molecule has 0 bridgehead atoms. The smallest absolute Gasteiger partial charge is 0.310 e. The Morgan fingerprint density at radius 1 is 0.844 bits per heavy atom. The maximum absolute atomic E-state index is 13.1. The number of carbonyl (C=O) groups is 3. The third kappa shape index (κ3) is 4.62. The van der Waals surface area contributed by atoms with Crippen molar-refractivity contribution in [3.63, 3.8) is 0 Å². The van der Waals surface area contributed by atoms with Crippen LogP contribution in [-0.4, -0.2) is 29.4 Å². The molecule has 1 aliphatic rings. The summed E-state index contributed by atoms with van der Waals surface area (Å²) < 4.78 is 0. The summed E-state index contributed by atoms with van der Waals surface area (Å²) in [7, 11) is 0. The molecule has 0 aliphatic carbocycles. The molecule has 3 N–H and O–H groups in total. The van der Waals surface area contributed by atoms with E-state index in [2.05, 4.69) is 10.6 Å². The first-order valence-corrected chi connectivity index (χ1v) is 10.3. The number of phenolic OH excluding ortho intramolecular Hbond substituents is 1. The number of aromatic hydroxyl groups is 1. The Bertz CT molecular complexity index is 1130. The monoisotopic (exact) mass is 429 g/mol. The Labute approximate surface area is 185 Å². The predicted molar refractivity (Wildman–Crippen MR) is 120 cm³/mol. The van der Waals surface area contributed by atoms with Crippen LogP contribution < -0.4 is 15.5 Å². The summed E-state index contributed by atoms with van der Waals surface area (Å²) in [4.78, 5) is 39.5. The van der Waals surface area contributed by atoms with Gasteiger partial charge in [-0.25, -0.2) is 0 Å². The van der Waals surface area contributed by atoms with Crippen molar-refractivity contribution in [2.24, 2.45) is 0 Å². The van der Waals surface area contributed by atoms with Crippen LogP contribution in [0.15, 0.2) is 78.9 Å². The molecule has 7 nitrogen and oxygen atoms in total. The number of hydrogen-bond acceptors (Lipinski definition) is 4. The largest absolute Gasteiger partial charge is 0.508 e. The molecule has 162 valence electrons. The van der Waals surface area contributed by atoms with E-state index in [-0.39, 0.29) is 18.2 Å². The lowest BCUT2D eigenvalue weighted by Gasteiger charge is -2.18. The van der Waals surface area contributed by atoms with Gasteiger partial charge in [0.1, 0.15) is 11.8 Å². The zero-order valence-electron chi connectivity index (χ0n) is 17.3. The molecule has 4 rings (SSSR count). The van der Waals surface area contributed by atoms with E-state index in [4.69, 9.17) is 0 Å². The number of phenols is 1. The maximum Gasteiger partial charge on any atom is 0.310 e. The number of carbonyl (C=O) groups excluding carboxylic acids is 3. The number of rotatable bonds is 6. The van der Waals surface area contributed by atoms with Gasteiger partial charge in [-0.1, -0.05) is 60.7 Å². The van der Waals surface area contributed by atoms with Crippen LogP contribution in [0.2, 0.25) is 0 Å². The van der Waals surface area contributed by atoms with Crippen molar-refractivity contribution in [1.82, 2.24) is 10.6 Å². The minimum atomic E-state index is -0.912. The van der Waals surface area contributed by atoms with Crippen LogP contribution in [0.4, 0.5) is 5.69 Å². The molecule has 0 radical (unpaired) electrons. The number of para-hydroxylation sites is 1. The Morgan fingerprint density at radius 3 is 2.28 bits per heavy atom. The second-order valence-electron chi connectivity index (χ2n) is 7.55. The van der Waals surface area contributed by atoms with Crippen molar-refractivity contribution in [2.75, 3.05) is 11.4 Å². The molecule has 3 amide bonds. The highest BCUT2D eigenvalue weighted by atomic mass is 16.3. The zero-order valence-corrected chi connectivity index (χ0v) is 17.3. The van der Waals surface area contributed by atoms with Crippen LogP contribution in [0.3, 0.4) is 0 Å². The van der Waals surface area contributed by atoms with Gasteiger partial charge in [0.05, 0.1) is 6.54 Å². The van der Waals surface area contributed by atoms with Crippen molar-refractivity contribution in [1.29, 1.82) is 0 Å². The third-order valence-electron chi connectivity index (χ3n) is 5.35. The molecule has 0 unspecified atom stereocenters. The first-order chi connectivity index (χ1) is 15.5. The number of anilines is 1. The first-order valence-electron chi connectivity index (χ1n) is 10.3. The predicted octanol–water partition coefficient (Wildman–Crippen LogP) is 2.46. The second kappa shape index (κ2) is 9.34. The van der Waals surface area contributed by atoms with Gasteiger partial charge in [-0.2, -0.15) is 0 Å². The van der Waals surface area contributed by atoms with Crippen molar-refractivity contribution in [2.45, 2.75) is 19.0 Å². The van der Waals surface area contributed by atoms with Crippen LogP contribution in [0.25, 0.3) is 0 Å². The quantitative estimate of drug-likeness (QED) is 0.524. The van der Waals surface area contributed by atoms with Gasteiger partial charge >= 0.3 is 11.8 Å². The molecule has 1 heterocycles. The molecule has 3 aromatic rings. The number of hydrogen-bond donors (Lipinski definition) is 3. The average molecular weight is 429 g/mol. The fraction of sp³-hybridized carbons (Fsp3) is 0.160. The molecule has 3 aromatic carbocycles. The summed E-state index contributed by atoms with van der Waals surface area (Å²) in [6.07, 6.45) is 0.509. The lowest BCUT2D eigenvalue weighted by molar-refractivity contribution is -0.140. The summed E-state index contributed by atoms with van der Waals surface area (Å²) >= 11 is 0. The number of benzene rings is 3. The molecule has 0 saturated carbocycles. The van der Waals surface area contributed by atoms with Gasteiger partial charge in [-0.15, -0.1) is 0 Å². The van der Waals surface area contributed by atoms with Gasteiger partial charge in [-0.3, -0.25) is 14.4 Å². The van der Waals surface area contributed by atoms with Crippen LogP contribution in [0.5, 0.6) is 5.75 Å². The van der Waals surface area contributed by atoms with Crippen molar-refractivity contribution in [3.05, 3.63) is 95.6 Å². The highest BCUT2D eigenvalue weighted by Crippen LogP contribution is 2.36. The van der Waals surface area contributed by atoms with Gasteiger partial charge in [-0.05, 0) is 35.7 Å². The highest BCUT2D eigenvalue weighted by molar-refractivity contribution is 6.35. The molecule has 32 heavy (non-hydrogen) atoms. The normalized spacial score (nSPS) is 14.7. The Kier molecular flexibility index (Phi) is 6.17. The standard InChI is InChI=1S/C25H23N3O4/c29-19-12-10-17(11-13-19)14-15-26-23(30)24(31)27-22-20-8-4-5-9-21(20)28(25(22)32)16-18-6-2-1-3-7-18/h1-13,22,29H,14-16H2,(H,26,30)(H,27,31)/t22-/m1/s1.